The molecular weight excluding hydrogens is 332 g/mol. The Morgan fingerprint density at radius 1 is 1.29 bits per heavy atom. The Labute approximate surface area is 147 Å². The van der Waals surface area contributed by atoms with Crippen molar-refractivity contribution in [2.45, 2.75) is 19.4 Å². The van der Waals surface area contributed by atoms with E-state index in [0.717, 1.165) is 32.6 Å². The molecule has 1 atom stereocenters. The molecule has 3 rings (SSSR count). The van der Waals surface area contributed by atoms with Gasteiger partial charge in [0.15, 0.2) is 0 Å². The molecule has 0 aromatic heterocycles. The maximum absolute atomic E-state index is 12.8. The van der Waals surface area contributed by atoms with Crippen LogP contribution in [0, 0.1) is 17.0 Å². The number of nitrogens with one attached hydrogen (secondary N) is 1. The highest BCUT2D eigenvalue weighted by Gasteiger charge is 2.34. The van der Waals surface area contributed by atoms with Gasteiger partial charge in [-0.3, -0.25) is 19.8 Å². The van der Waals surface area contributed by atoms with Crippen LogP contribution in [0.4, 0.5) is 5.69 Å². The summed E-state index contributed by atoms with van der Waals surface area (Å²) in [6.07, 6.45) is 0.936. The van der Waals surface area contributed by atoms with Gasteiger partial charge >= 0.3 is 0 Å². The zero-order valence-electron chi connectivity index (χ0n) is 13.7. The van der Waals surface area contributed by atoms with Crippen molar-refractivity contribution >= 4 is 24.0 Å². The van der Waals surface area contributed by atoms with Crippen molar-refractivity contribution in [3.63, 3.8) is 0 Å². The minimum absolute atomic E-state index is 0. The zero-order valence-corrected chi connectivity index (χ0v) is 14.6. The van der Waals surface area contributed by atoms with Gasteiger partial charge in [0, 0.05) is 51.4 Å². The number of benzene rings is 1. The number of likely N-dealkylation sites (tertiary alicyclic amines) is 1. The van der Waals surface area contributed by atoms with Gasteiger partial charge in [0.05, 0.1) is 4.92 Å². The zero-order chi connectivity index (χ0) is 16.4. The number of carbonyl (C=O) groups is 1. The summed E-state index contributed by atoms with van der Waals surface area (Å²) in [5, 5.41) is 14.6. The van der Waals surface area contributed by atoms with E-state index in [0.29, 0.717) is 24.7 Å². The van der Waals surface area contributed by atoms with Crippen LogP contribution in [0.15, 0.2) is 18.2 Å². The molecule has 2 aliphatic rings. The van der Waals surface area contributed by atoms with Gasteiger partial charge in [-0.2, -0.15) is 0 Å². The third-order valence-corrected chi connectivity index (χ3v) is 4.78. The van der Waals surface area contributed by atoms with Crippen LogP contribution in [-0.4, -0.2) is 65.9 Å². The van der Waals surface area contributed by atoms with Crippen molar-refractivity contribution in [2.75, 3.05) is 39.3 Å². The highest BCUT2D eigenvalue weighted by Crippen LogP contribution is 2.26. The standard InChI is InChI=1S/C16H22N4O3.ClH/c1-12-3-2-4-14(20(22)23)15(12)16(21)19-8-5-13(11-19)18-9-6-17-7-10-18;/h2-4,13,17H,5-11H2,1H3;1H. The lowest BCUT2D eigenvalue weighted by atomic mass is 10.1. The van der Waals surface area contributed by atoms with Crippen molar-refractivity contribution in [1.29, 1.82) is 0 Å². The summed E-state index contributed by atoms with van der Waals surface area (Å²) in [5.74, 6) is -0.215. The lowest BCUT2D eigenvalue weighted by Crippen LogP contribution is -2.49. The third-order valence-electron chi connectivity index (χ3n) is 4.78. The van der Waals surface area contributed by atoms with Crippen LogP contribution < -0.4 is 5.32 Å². The number of carbonyl (C=O) groups excluding carboxylic acids is 1. The van der Waals surface area contributed by atoms with Crippen molar-refractivity contribution in [2.24, 2.45) is 0 Å². The van der Waals surface area contributed by atoms with Gasteiger partial charge in [-0.05, 0) is 18.9 Å². The van der Waals surface area contributed by atoms with E-state index in [9.17, 15) is 14.9 Å². The van der Waals surface area contributed by atoms with E-state index in [1.54, 1.807) is 24.0 Å². The van der Waals surface area contributed by atoms with E-state index in [1.165, 1.54) is 6.07 Å². The minimum Gasteiger partial charge on any atom is -0.337 e. The monoisotopic (exact) mass is 354 g/mol. The Morgan fingerprint density at radius 3 is 2.67 bits per heavy atom. The Hall–Kier alpha value is -1.70. The van der Waals surface area contributed by atoms with Crippen molar-refractivity contribution < 1.29 is 9.72 Å². The second-order valence-electron chi connectivity index (χ2n) is 6.21. The largest absolute Gasteiger partial charge is 0.337 e. The van der Waals surface area contributed by atoms with Crippen LogP contribution in [0.25, 0.3) is 0 Å². The lowest BCUT2D eigenvalue weighted by molar-refractivity contribution is -0.385. The number of rotatable bonds is 3. The molecule has 2 aliphatic heterocycles. The fraction of sp³-hybridized carbons (Fsp3) is 0.562. The summed E-state index contributed by atoms with van der Waals surface area (Å²) < 4.78 is 0. The first-order valence-corrected chi connectivity index (χ1v) is 8.06. The number of hydrogen-bond acceptors (Lipinski definition) is 5. The predicted molar refractivity (Wildman–Crippen MR) is 93.8 cm³/mol. The Balaban J connectivity index is 0.00000208. The van der Waals surface area contributed by atoms with Crippen molar-refractivity contribution in [3.8, 4) is 0 Å². The first-order valence-electron chi connectivity index (χ1n) is 8.06. The van der Waals surface area contributed by atoms with Crippen LogP contribution in [0.3, 0.4) is 0 Å². The van der Waals surface area contributed by atoms with E-state index in [4.69, 9.17) is 0 Å². The molecule has 1 unspecified atom stereocenters. The lowest BCUT2D eigenvalue weighted by Gasteiger charge is -2.32. The summed E-state index contributed by atoms with van der Waals surface area (Å²) >= 11 is 0. The second-order valence-corrected chi connectivity index (χ2v) is 6.21. The quantitative estimate of drug-likeness (QED) is 0.656. The number of nitrogens with zero attached hydrogens (tertiary/aromatic N) is 3. The maximum Gasteiger partial charge on any atom is 0.282 e. The number of halogens is 1. The van der Waals surface area contributed by atoms with Crippen LogP contribution in [-0.2, 0) is 0 Å². The molecule has 2 saturated heterocycles. The molecule has 0 saturated carbocycles. The van der Waals surface area contributed by atoms with Gasteiger partial charge in [-0.25, -0.2) is 0 Å². The topological polar surface area (TPSA) is 78.7 Å². The van der Waals surface area contributed by atoms with Crippen LogP contribution in [0.2, 0.25) is 0 Å². The highest BCUT2D eigenvalue weighted by atomic mass is 35.5. The van der Waals surface area contributed by atoms with Gasteiger partial charge in [-0.1, -0.05) is 12.1 Å². The molecule has 8 heteroatoms. The molecule has 0 radical (unpaired) electrons. The first-order chi connectivity index (χ1) is 11.1. The Bertz CT molecular complexity index is 619. The average molecular weight is 355 g/mol. The fourth-order valence-electron chi connectivity index (χ4n) is 3.51. The van der Waals surface area contributed by atoms with Gasteiger partial charge < -0.3 is 10.2 Å². The maximum atomic E-state index is 12.8. The molecule has 1 aromatic rings. The smallest absolute Gasteiger partial charge is 0.282 e. The molecule has 2 heterocycles. The van der Waals surface area contributed by atoms with Gasteiger partial charge in [-0.15, -0.1) is 12.4 Å². The molecule has 24 heavy (non-hydrogen) atoms. The molecule has 0 spiro atoms. The summed E-state index contributed by atoms with van der Waals surface area (Å²) in [7, 11) is 0. The number of hydrogen-bond donors (Lipinski definition) is 1. The fourth-order valence-corrected chi connectivity index (χ4v) is 3.51. The third kappa shape index (κ3) is 3.68. The van der Waals surface area contributed by atoms with E-state index in [-0.39, 0.29) is 29.6 Å². The van der Waals surface area contributed by atoms with E-state index < -0.39 is 4.92 Å². The van der Waals surface area contributed by atoms with Crippen molar-refractivity contribution in [3.05, 3.63) is 39.4 Å². The van der Waals surface area contributed by atoms with E-state index in [1.807, 2.05) is 0 Å². The van der Waals surface area contributed by atoms with Crippen LogP contribution in [0.1, 0.15) is 22.3 Å². The average Bonchev–Trinajstić information content (AvgIpc) is 3.05. The van der Waals surface area contributed by atoms with Gasteiger partial charge in [0.25, 0.3) is 11.6 Å². The second kappa shape index (κ2) is 7.92. The molecule has 1 N–H and O–H groups in total. The molecule has 2 fully saturated rings. The molecule has 0 aliphatic carbocycles. The number of aryl methyl sites for hydroxylation is 1. The molecular formula is C16H23ClN4O3. The first kappa shape index (κ1) is 18.6. The normalized spacial score (nSPS) is 21.4. The Morgan fingerprint density at radius 2 is 2.00 bits per heavy atom. The predicted octanol–water partition coefficient (Wildman–Crippen LogP) is 1.44. The SMILES string of the molecule is Cc1cccc([N+](=O)[O-])c1C(=O)N1CCC(N2CCNCC2)C1.Cl. The number of nitro benzene ring substituents is 1. The minimum atomic E-state index is -0.468. The molecule has 1 amide bonds. The molecule has 132 valence electrons. The van der Waals surface area contributed by atoms with Crippen molar-refractivity contribution in [1.82, 2.24) is 15.1 Å². The highest BCUT2D eigenvalue weighted by molar-refractivity contribution is 5.99. The summed E-state index contributed by atoms with van der Waals surface area (Å²) in [6, 6.07) is 5.15. The number of nitro groups is 1. The van der Waals surface area contributed by atoms with E-state index in [2.05, 4.69) is 10.2 Å². The summed E-state index contributed by atoms with van der Waals surface area (Å²) in [4.78, 5) is 27.7. The van der Waals surface area contributed by atoms with Gasteiger partial charge in [0.2, 0.25) is 0 Å². The number of amides is 1. The van der Waals surface area contributed by atoms with E-state index >= 15 is 0 Å². The summed E-state index contributed by atoms with van der Waals surface area (Å²) in [5.41, 5.74) is 0.800. The van der Waals surface area contributed by atoms with Gasteiger partial charge in [0.1, 0.15) is 5.56 Å². The Kier molecular flexibility index (Phi) is 6.15. The number of piperazine rings is 1. The van der Waals surface area contributed by atoms with Crippen LogP contribution in [0.5, 0.6) is 0 Å². The molecule has 7 nitrogen and oxygen atoms in total. The summed E-state index contributed by atoms with van der Waals surface area (Å²) in [6.45, 7) is 7.03. The molecule has 1 aromatic carbocycles. The molecule has 0 bridgehead atoms. The van der Waals surface area contributed by atoms with Crippen LogP contribution >= 0.6 is 12.4 Å².